The minimum Gasteiger partial charge on any atom is -0.335 e. The number of nitrogens with zero attached hydrogens (tertiary/aromatic N) is 2. The Kier molecular flexibility index (Phi) is 4.65. The fraction of sp³-hybridized carbons (Fsp3) is 0.706. The summed E-state index contributed by atoms with van der Waals surface area (Å²) in [6, 6.07) is 2.17. The van der Waals surface area contributed by atoms with E-state index in [2.05, 4.69) is 24.8 Å². The van der Waals surface area contributed by atoms with Gasteiger partial charge in [0.15, 0.2) is 0 Å². The van der Waals surface area contributed by atoms with Crippen LogP contribution in [0, 0.1) is 5.92 Å². The summed E-state index contributed by atoms with van der Waals surface area (Å²) in [6.07, 6.45) is 4.91. The second-order valence-corrected chi connectivity index (χ2v) is 7.89. The molecule has 0 N–H and O–H groups in total. The minimum atomic E-state index is 0.263. The second kappa shape index (κ2) is 6.49. The Morgan fingerprint density at radius 2 is 1.90 bits per heavy atom. The molecule has 1 fully saturated rings. The van der Waals surface area contributed by atoms with Crippen molar-refractivity contribution in [1.82, 2.24) is 9.80 Å². The molecule has 21 heavy (non-hydrogen) atoms. The third-order valence-electron chi connectivity index (χ3n) is 4.49. The van der Waals surface area contributed by atoms with Crippen molar-refractivity contribution in [2.75, 3.05) is 32.7 Å². The smallest absolute Gasteiger partial charge is 0.264 e. The average Bonchev–Trinajstić information content (AvgIpc) is 2.90. The minimum absolute atomic E-state index is 0.263. The molecule has 0 atom stereocenters. The molecule has 2 aliphatic rings. The molecule has 1 amide bonds. The summed E-state index contributed by atoms with van der Waals surface area (Å²) in [4.78, 5) is 19.6. The van der Waals surface area contributed by atoms with Crippen molar-refractivity contribution in [3.63, 3.8) is 0 Å². The van der Waals surface area contributed by atoms with E-state index in [1.54, 1.807) is 11.3 Å². The van der Waals surface area contributed by atoms with Crippen molar-refractivity contribution >= 4 is 17.2 Å². The highest BCUT2D eigenvalue weighted by atomic mass is 32.1. The zero-order chi connectivity index (χ0) is 14.8. The van der Waals surface area contributed by atoms with Crippen molar-refractivity contribution in [3.8, 4) is 0 Å². The van der Waals surface area contributed by atoms with Crippen molar-refractivity contribution < 1.29 is 4.79 Å². The largest absolute Gasteiger partial charge is 0.335 e. The summed E-state index contributed by atoms with van der Waals surface area (Å²) in [7, 11) is 0. The van der Waals surface area contributed by atoms with Crippen LogP contribution in [0.25, 0.3) is 0 Å². The van der Waals surface area contributed by atoms with E-state index in [0.717, 1.165) is 37.6 Å². The zero-order valence-electron chi connectivity index (χ0n) is 13.2. The highest BCUT2D eigenvalue weighted by Gasteiger charge is 2.25. The number of piperazine rings is 1. The number of aryl methyl sites for hydroxylation is 2. The van der Waals surface area contributed by atoms with Crippen molar-refractivity contribution in [2.45, 2.75) is 39.5 Å². The summed E-state index contributed by atoms with van der Waals surface area (Å²) < 4.78 is 0. The molecule has 2 heterocycles. The monoisotopic (exact) mass is 306 g/mol. The van der Waals surface area contributed by atoms with Crippen LogP contribution in [0.4, 0.5) is 0 Å². The molecule has 0 radical (unpaired) electrons. The Hall–Kier alpha value is -0.870. The van der Waals surface area contributed by atoms with Gasteiger partial charge in [-0.25, -0.2) is 0 Å². The van der Waals surface area contributed by atoms with E-state index in [1.807, 2.05) is 4.90 Å². The summed E-state index contributed by atoms with van der Waals surface area (Å²) in [6.45, 7) is 9.48. The fourth-order valence-electron chi connectivity index (χ4n) is 3.40. The zero-order valence-corrected chi connectivity index (χ0v) is 14.0. The summed E-state index contributed by atoms with van der Waals surface area (Å²) in [5.74, 6) is 0.967. The lowest BCUT2D eigenvalue weighted by Gasteiger charge is -2.35. The number of hydrogen-bond donors (Lipinski definition) is 0. The van der Waals surface area contributed by atoms with Crippen LogP contribution >= 0.6 is 11.3 Å². The van der Waals surface area contributed by atoms with Crippen LogP contribution in [0.3, 0.4) is 0 Å². The van der Waals surface area contributed by atoms with E-state index in [9.17, 15) is 4.79 Å². The van der Waals surface area contributed by atoms with E-state index in [4.69, 9.17) is 0 Å². The number of amides is 1. The Morgan fingerprint density at radius 3 is 2.57 bits per heavy atom. The van der Waals surface area contributed by atoms with Gasteiger partial charge >= 0.3 is 0 Å². The second-order valence-electron chi connectivity index (χ2n) is 6.75. The van der Waals surface area contributed by atoms with Gasteiger partial charge in [0, 0.05) is 37.6 Å². The van der Waals surface area contributed by atoms with Gasteiger partial charge in [0.25, 0.3) is 5.91 Å². The van der Waals surface area contributed by atoms with Gasteiger partial charge in [-0.1, -0.05) is 13.8 Å². The third-order valence-corrected chi connectivity index (χ3v) is 5.72. The van der Waals surface area contributed by atoms with Crippen molar-refractivity contribution in [1.29, 1.82) is 0 Å². The maximum atomic E-state index is 12.7. The van der Waals surface area contributed by atoms with Gasteiger partial charge < -0.3 is 4.90 Å². The normalized spacial score (nSPS) is 19.9. The van der Waals surface area contributed by atoms with Crippen LogP contribution in [0.2, 0.25) is 0 Å². The summed E-state index contributed by atoms with van der Waals surface area (Å²) >= 11 is 1.74. The molecule has 0 spiro atoms. The molecular weight excluding hydrogens is 280 g/mol. The number of thiophene rings is 1. The van der Waals surface area contributed by atoms with Crippen molar-refractivity contribution in [3.05, 3.63) is 21.4 Å². The highest BCUT2D eigenvalue weighted by molar-refractivity contribution is 7.14. The fourth-order valence-corrected chi connectivity index (χ4v) is 4.62. The first kappa shape index (κ1) is 15.0. The third kappa shape index (κ3) is 3.49. The molecule has 1 aromatic heterocycles. The lowest BCUT2D eigenvalue weighted by molar-refractivity contribution is 0.0628. The topological polar surface area (TPSA) is 23.6 Å². The number of carbonyl (C=O) groups is 1. The van der Waals surface area contributed by atoms with Gasteiger partial charge in [-0.05, 0) is 43.2 Å². The number of hydrogen-bond acceptors (Lipinski definition) is 3. The van der Waals surface area contributed by atoms with E-state index >= 15 is 0 Å². The summed E-state index contributed by atoms with van der Waals surface area (Å²) in [5.41, 5.74) is 1.44. The predicted octanol–water partition coefficient (Wildman–Crippen LogP) is 3.04. The van der Waals surface area contributed by atoms with Crippen LogP contribution in [-0.2, 0) is 12.8 Å². The molecular formula is C17H26N2OS. The SMILES string of the molecule is CC(C)CN1CCN(C(=O)c2cc3c(s2)CCCC3)CC1. The Balaban J connectivity index is 1.60. The quantitative estimate of drug-likeness (QED) is 0.857. The van der Waals surface area contributed by atoms with E-state index in [0.29, 0.717) is 5.92 Å². The molecule has 116 valence electrons. The maximum absolute atomic E-state index is 12.7. The van der Waals surface area contributed by atoms with Gasteiger partial charge in [-0.2, -0.15) is 0 Å². The molecule has 0 aromatic carbocycles. The molecule has 0 saturated carbocycles. The Bertz CT molecular complexity index is 477. The molecule has 0 unspecified atom stereocenters. The van der Waals surface area contributed by atoms with E-state index < -0.39 is 0 Å². The van der Waals surface area contributed by atoms with Gasteiger partial charge in [0.05, 0.1) is 4.88 Å². The first-order valence-corrected chi connectivity index (χ1v) is 9.08. The Morgan fingerprint density at radius 1 is 1.19 bits per heavy atom. The molecule has 1 aliphatic heterocycles. The number of rotatable bonds is 3. The van der Waals surface area contributed by atoms with Crippen molar-refractivity contribution in [2.24, 2.45) is 5.92 Å². The molecule has 1 aliphatic carbocycles. The highest BCUT2D eigenvalue weighted by Crippen LogP contribution is 2.30. The van der Waals surface area contributed by atoms with E-state index in [1.165, 1.54) is 36.1 Å². The standard InChI is InChI=1S/C17H26N2OS/c1-13(2)12-18-7-9-19(10-8-18)17(20)16-11-14-5-3-4-6-15(14)21-16/h11,13H,3-10,12H2,1-2H3. The van der Waals surface area contributed by atoms with Crippen LogP contribution in [-0.4, -0.2) is 48.4 Å². The average molecular weight is 306 g/mol. The van der Waals surface area contributed by atoms with Gasteiger partial charge in [-0.3, -0.25) is 9.69 Å². The van der Waals surface area contributed by atoms with Crippen LogP contribution < -0.4 is 0 Å². The van der Waals surface area contributed by atoms with Crippen LogP contribution in [0.15, 0.2) is 6.07 Å². The number of fused-ring (bicyclic) bond motifs is 1. The predicted molar refractivity (Wildman–Crippen MR) is 88.1 cm³/mol. The van der Waals surface area contributed by atoms with Crippen LogP contribution in [0.5, 0.6) is 0 Å². The summed E-state index contributed by atoms with van der Waals surface area (Å²) in [5, 5.41) is 0. The molecule has 3 rings (SSSR count). The lowest BCUT2D eigenvalue weighted by Crippen LogP contribution is -2.49. The molecule has 3 nitrogen and oxygen atoms in total. The lowest BCUT2D eigenvalue weighted by atomic mass is 9.99. The van der Waals surface area contributed by atoms with Gasteiger partial charge in [0.2, 0.25) is 0 Å². The van der Waals surface area contributed by atoms with E-state index in [-0.39, 0.29) is 5.91 Å². The molecule has 1 aromatic rings. The molecule has 0 bridgehead atoms. The first-order chi connectivity index (χ1) is 10.1. The van der Waals surface area contributed by atoms with Gasteiger partial charge in [0.1, 0.15) is 0 Å². The number of carbonyl (C=O) groups excluding carboxylic acids is 1. The maximum Gasteiger partial charge on any atom is 0.264 e. The molecule has 4 heteroatoms. The van der Waals surface area contributed by atoms with Crippen LogP contribution in [0.1, 0.15) is 46.8 Å². The van der Waals surface area contributed by atoms with Gasteiger partial charge in [-0.15, -0.1) is 11.3 Å². The molecule has 1 saturated heterocycles. The Labute approximate surface area is 131 Å². The first-order valence-electron chi connectivity index (χ1n) is 8.26.